The molecule has 0 atom stereocenters. The first kappa shape index (κ1) is 23.6. The molecule has 3 rings (SSSR count). The van der Waals surface area contributed by atoms with Crippen molar-refractivity contribution in [2.24, 2.45) is 0 Å². The number of ether oxygens (including phenoxy) is 1. The summed E-state index contributed by atoms with van der Waals surface area (Å²) in [6.45, 7) is 3.81. The van der Waals surface area contributed by atoms with Gasteiger partial charge < -0.3 is 15.0 Å². The van der Waals surface area contributed by atoms with E-state index in [9.17, 15) is 14.4 Å². The van der Waals surface area contributed by atoms with E-state index in [0.717, 1.165) is 62.9 Å². The number of anilines is 1. The summed E-state index contributed by atoms with van der Waals surface area (Å²) in [5, 5.41) is 3.14. The van der Waals surface area contributed by atoms with E-state index in [1.54, 1.807) is 38.4 Å². The molecule has 2 aromatic rings. The molecule has 32 heavy (non-hydrogen) atoms. The summed E-state index contributed by atoms with van der Waals surface area (Å²) >= 11 is 0. The van der Waals surface area contributed by atoms with Crippen LogP contribution in [0.5, 0.6) is 0 Å². The maximum Gasteiger partial charge on any atom is 0.251 e. The van der Waals surface area contributed by atoms with Crippen molar-refractivity contribution < 1.29 is 19.1 Å². The summed E-state index contributed by atoms with van der Waals surface area (Å²) in [4.78, 5) is 42.2. The first-order valence-corrected chi connectivity index (χ1v) is 11.1. The number of nitrogens with one attached hydrogen (secondary N) is 1. The highest BCUT2D eigenvalue weighted by molar-refractivity contribution is 5.99. The number of nitrogens with zero attached hydrogens (tertiary/aromatic N) is 2. The average molecular weight is 438 g/mol. The van der Waals surface area contributed by atoms with E-state index in [1.807, 2.05) is 12.1 Å². The fourth-order valence-electron chi connectivity index (χ4n) is 4.02. The number of amides is 1. The van der Waals surface area contributed by atoms with Crippen molar-refractivity contribution in [3.63, 3.8) is 0 Å². The fraction of sp³-hybridized carbons (Fsp3) is 0.440. The molecule has 1 N–H and O–H groups in total. The van der Waals surface area contributed by atoms with E-state index in [0.29, 0.717) is 23.3 Å². The molecule has 0 unspecified atom stereocenters. The number of aryl methyl sites for hydroxylation is 1. The number of aromatic nitrogens is 1. The van der Waals surface area contributed by atoms with Crippen LogP contribution in [0.25, 0.3) is 0 Å². The number of hydrogen-bond donors (Lipinski definition) is 1. The third-order valence-corrected chi connectivity index (χ3v) is 5.85. The number of piperidine rings is 1. The van der Waals surface area contributed by atoms with Gasteiger partial charge in [-0.15, -0.1) is 0 Å². The lowest BCUT2D eigenvalue weighted by Gasteiger charge is -2.33. The molecular weight excluding hydrogens is 406 g/mol. The average Bonchev–Trinajstić information content (AvgIpc) is 2.82. The Morgan fingerprint density at radius 2 is 1.97 bits per heavy atom. The van der Waals surface area contributed by atoms with Gasteiger partial charge in [0.15, 0.2) is 12.1 Å². The molecule has 1 amide bonds. The zero-order valence-electron chi connectivity index (χ0n) is 18.8. The number of aldehydes is 1. The van der Waals surface area contributed by atoms with Gasteiger partial charge in [0.05, 0.1) is 0 Å². The molecule has 0 radical (unpaired) electrons. The number of hydrogen-bond acceptors (Lipinski definition) is 6. The molecule has 1 saturated heterocycles. The van der Waals surface area contributed by atoms with Crippen LogP contribution in [0.4, 0.5) is 5.82 Å². The maximum absolute atomic E-state index is 12.9. The van der Waals surface area contributed by atoms with Crippen molar-refractivity contribution in [1.29, 1.82) is 0 Å². The SMILES string of the molecule is COCCCCc1cc(C(=O)NC2CCN(c3ccc(C=O)cn3)CC2)ccc1C(C)=O. The van der Waals surface area contributed by atoms with Gasteiger partial charge in [0, 0.05) is 55.7 Å². The van der Waals surface area contributed by atoms with Crippen LogP contribution < -0.4 is 10.2 Å². The second-order valence-corrected chi connectivity index (χ2v) is 8.18. The van der Waals surface area contributed by atoms with Crippen molar-refractivity contribution >= 4 is 23.8 Å². The van der Waals surface area contributed by atoms with Crippen LogP contribution in [0.2, 0.25) is 0 Å². The molecular formula is C25H31N3O4. The summed E-state index contributed by atoms with van der Waals surface area (Å²) < 4.78 is 5.10. The van der Waals surface area contributed by atoms with Crippen molar-refractivity contribution in [3.8, 4) is 0 Å². The van der Waals surface area contributed by atoms with E-state index in [-0.39, 0.29) is 17.7 Å². The van der Waals surface area contributed by atoms with Crippen LogP contribution in [-0.2, 0) is 11.2 Å². The Labute approximate surface area is 189 Å². The summed E-state index contributed by atoms with van der Waals surface area (Å²) in [5.41, 5.74) is 2.75. The molecule has 0 aliphatic carbocycles. The lowest BCUT2D eigenvalue weighted by Crippen LogP contribution is -2.45. The molecule has 0 spiro atoms. The van der Waals surface area contributed by atoms with Crippen LogP contribution in [0.3, 0.4) is 0 Å². The minimum absolute atomic E-state index is 0.0147. The number of carbonyl (C=O) groups excluding carboxylic acids is 3. The van der Waals surface area contributed by atoms with Gasteiger partial charge in [-0.25, -0.2) is 4.98 Å². The largest absolute Gasteiger partial charge is 0.385 e. The minimum atomic E-state index is -0.106. The molecule has 1 fully saturated rings. The number of rotatable bonds is 10. The Balaban J connectivity index is 1.58. The van der Waals surface area contributed by atoms with Crippen molar-refractivity contribution in [1.82, 2.24) is 10.3 Å². The number of carbonyl (C=O) groups is 3. The van der Waals surface area contributed by atoms with Crippen molar-refractivity contribution in [3.05, 3.63) is 58.8 Å². The first-order valence-electron chi connectivity index (χ1n) is 11.1. The first-order chi connectivity index (χ1) is 15.5. The highest BCUT2D eigenvalue weighted by Gasteiger charge is 2.22. The number of unbranched alkanes of at least 4 members (excludes halogenated alkanes) is 1. The summed E-state index contributed by atoms with van der Waals surface area (Å²) in [5.74, 6) is 0.754. The van der Waals surface area contributed by atoms with Gasteiger partial charge in [0.1, 0.15) is 5.82 Å². The third kappa shape index (κ3) is 6.23. The second kappa shape index (κ2) is 11.5. The van der Waals surface area contributed by atoms with E-state index in [4.69, 9.17) is 4.74 Å². The standard InChI is InChI=1S/C25H31N3O4/c1-18(30)23-8-7-21(15-20(23)5-3-4-14-32-2)25(31)27-22-10-12-28(13-11-22)24-9-6-19(17-29)16-26-24/h6-9,15-17,22H,3-5,10-14H2,1-2H3,(H,27,31). The molecule has 170 valence electrons. The number of methoxy groups -OCH3 is 1. The monoisotopic (exact) mass is 437 g/mol. The van der Waals surface area contributed by atoms with Crippen LogP contribution in [0.1, 0.15) is 69.2 Å². The molecule has 2 heterocycles. The molecule has 1 aliphatic rings. The van der Waals surface area contributed by atoms with Crippen LogP contribution in [0, 0.1) is 0 Å². The minimum Gasteiger partial charge on any atom is -0.385 e. The summed E-state index contributed by atoms with van der Waals surface area (Å²) in [6, 6.07) is 9.06. The van der Waals surface area contributed by atoms with Gasteiger partial charge >= 0.3 is 0 Å². The molecule has 1 aromatic carbocycles. The Morgan fingerprint density at radius 1 is 1.19 bits per heavy atom. The maximum atomic E-state index is 12.9. The molecule has 7 heteroatoms. The highest BCUT2D eigenvalue weighted by atomic mass is 16.5. The van der Waals surface area contributed by atoms with E-state index in [2.05, 4.69) is 15.2 Å². The predicted octanol–water partition coefficient (Wildman–Crippen LogP) is 3.46. The Bertz CT molecular complexity index is 935. The van der Waals surface area contributed by atoms with Gasteiger partial charge in [-0.05, 0) is 68.9 Å². The van der Waals surface area contributed by atoms with Crippen molar-refractivity contribution in [2.45, 2.75) is 45.1 Å². The number of Topliss-reactive ketones (excluding diaryl/α,β-unsaturated/α-hetero) is 1. The van der Waals surface area contributed by atoms with Crippen LogP contribution in [-0.4, -0.2) is 55.8 Å². The number of ketones is 1. The van der Waals surface area contributed by atoms with Gasteiger partial charge in [-0.2, -0.15) is 0 Å². The molecule has 1 aliphatic heterocycles. The Kier molecular flexibility index (Phi) is 8.50. The normalized spacial score (nSPS) is 14.2. The molecule has 1 aromatic heterocycles. The van der Waals surface area contributed by atoms with Gasteiger partial charge in [-0.3, -0.25) is 14.4 Å². The summed E-state index contributed by atoms with van der Waals surface area (Å²) in [7, 11) is 1.68. The highest BCUT2D eigenvalue weighted by Crippen LogP contribution is 2.20. The van der Waals surface area contributed by atoms with Crippen molar-refractivity contribution in [2.75, 3.05) is 31.7 Å². The van der Waals surface area contributed by atoms with E-state index < -0.39 is 0 Å². The fourth-order valence-corrected chi connectivity index (χ4v) is 4.02. The smallest absolute Gasteiger partial charge is 0.251 e. The molecule has 0 bridgehead atoms. The zero-order chi connectivity index (χ0) is 22.9. The number of benzene rings is 1. The third-order valence-electron chi connectivity index (χ3n) is 5.85. The zero-order valence-corrected chi connectivity index (χ0v) is 18.8. The van der Waals surface area contributed by atoms with E-state index in [1.165, 1.54) is 0 Å². The molecule has 0 saturated carbocycles. The lowest BCUT2D eigenvalue weighted by atomic mass is 9.96. The Morgan fingerprint density at radius 3 is 2.59 bits per heavy atom. The lowest BCUT2D eigenvalue weighted by molar-refractivity contribution is 0.0929. The van der Waals surface area contributed by atoms with Crippen LogP contribution in [0.15, 0.2) is 36.5 Å². The number of pyridine rings is 1. The van der Waals surface area contributed by atoms with Gasteiger partial charge in [-0.1, -0.05) is 6.07 Å². The quantitative estimate of drug-likeness (QED) is 0.348. The molecule has 7 nitrogen and oxygen atoms in total. The van der Waals surface area contributed by atoms with Crippen LogP contribution >= 0.6 is 0 Å². The summed E-state index contributed by atoms with van der Waals surface area (Å²) in [6.07, 6.45) is 6.56. The van der Waals surface area contributed by atoms with E-state index >= 15 is 0 Å². The van der Waals surface area contributed by atoms with Gasteiger partial charge in [0.2, 0.25) is 0 Å². The topological polar surface area (TPSA) is 88.6 Å². The Hall–Kier alpha value is -3.06. The second-order valence-electron chi connectivity index (χ2n) is 8.18. The predicted molar refractivity (Wildman–Crippen MR) is 124 cm³/mol. The van der Waals surface area contributed by atoms with Gasteiger partial charge in [0.25, 0.3) is 5.91 Å².